The highest BCUT2D eigenvalue weighted by Crippen LogP contribution is 2.38. The lowest BCUT2D eigenvalue weighted by atomic mass is 10.0. The first-order valence-electron chi connectivity index (χ1n) is 7.97. The summed E-state index contributed by atoms with van der Waals surface area (Å²) in [6.45, 7) is 5.17. The van der Waals surface area contributed by atoms with Gasteiger partial charge in [-0.1, -0.05) is 19.8 Å². The van der Waals surface area contributed by atoms with Crippen LogP contribution in [0.4, 0.5) is 0 Å². The first-order chi connectivity index (χ1) is 10.4. The van der Waals surface area contributed by atoms with Gasteiger partial charge in [-0.15, -0.1) is 0 Å². The van der Waals surface area contributed by atoms with Gasteiger partial charge in [0.05, 0.1) is 12.6 Å². The Kier molecular flexibility index (Phi) is 5.79. The van der Waals surface area contributed by atoms with Gasteiger partial charge in [0.2, 0.25) is 5.91 Å². The van der Waals surface area contributed by atoms with Gasteiger partial charge in [0.25, 0.3) is 0 Å². The molecule has 0 aromatic heterocycles. The van der Waals surface area contributed by atoms with Crippen molar-refractivity contribution in [3.63, 3.8) is 0 Å². The summed E-state index contributed by atoms with van der Waals surface area (Å²) >= 11 is 0. The maximum atomic E-state index is 12.1. The molecule has 22 heavy (non-hydrogen) atoms. The van der Waals surface area contributed by atoms with Crippen LogP contribution >= 0.6 is 0 Å². The van der Waals surface area contributed by atoms with E-state index in [-0.39, 0.29) is 5.91 Å². The molecule has 2 fully saturated rings. The minimum atomic E-state index is -1.10. The SMILES string of the molecule is CCCCCC(=O)N[C@@H]1[C@H]2OC(C)(C)O[C@H]2O[C@@H]1[C@H](O)CO. The normalized spacial score (nSPS) is 34.4. The largest absolute Gasteiger partial charge is 0.394 e. The second-order valence-corrected chi connectivity index (χ2v) is 6.37. The summed E-state index contributed by atoms with van der Waals surface area (Å²) in [5.74, 6) is -0.901. The van der Waals surface area contributed by atoms with Crippen molar-refractivity contribution >= 4 is 5.91 Å². The number of fused-ring (bicyclic) bond motifs is 1. The van der Waals surface area contributed by atoms with Crippen molar-refractivity contribution < 1.29 is 29.2 Å². The molecule has 0 unspecified atom stereocenters. The molecule has 128 valence electrons. The summed E-state index contributed by atoms with van der Waals surface area (Å²) < 4.78 is 17.0. The van der Waals surface area contributed by atoms with Crippen molar-refractivity contribution in [1.29, 1.82) is 0 Å². The molecule has 0 bridgehead atoms. The van der Waals surface area contributed by atoms with Crippen LogP contribution in [0.5, 0.6) is 0 Å². The summed E-state index contributed by atoms with van der Waals surface area (Å²) in [5.41, 5.74) is 0. The molecule has 1 amide bonds. The van der Waals surface area contributed by atoms with E-state index >= 15 is 0 Å². The van der Waals surface area contributed by atoms with E-state index in [0.29, 0.717) is 6.42 Å². The second kappa shape index (κ2) is 7.23. The van der Waals surface area contributed by atoms with Crippen LogP contribution in [0.25, 0.3) is 0 Å². The van der Waals surface area contributed by atoms with Gasteiger partial charge in [-0.3, -0.25) is 4.79 Å². The van der Waals surface area contributed by atoms with Gasteiger partial charge in [0, 0.05) is 6.42 Å². The molecule has 0 spiro atoms. The highest BCUT2D eigenvalue weighted by Gasteiger charge is 2.56. The molecule has 0 aromatic rings. The van der Waals surface area contributed by atoms with Crippen LogP contribution in [0, 0.1) is 0 Å². The molecule has 0 aromatic carbocycles. The number of hydrogen-bond acceptors (Lipinski definition) is 6. The first-order valence-corrected chi connectivity index (χ1v) is 7.97. The maximum absolute atomic E-state index is 12.1. The quantitative estimate of drug-likeness (QED) is 0.584. The Balaban J connectivity index is 2.00. The monoisotopic (exact) mass is 317 g/mol. The molecule has 0 aliphatic carbocycles. The average molecular weight is 317 g/mol. The first kappa shape index (κ1) is 17.6. The Labute approximate surface area is 130 Å². The Morgan fingerprint density at radius 1 is 1.32 bits per heavy atom. The van der Waals surface area contributed by atoms with E-state index < -0.39 is 43.0 Å². The molecule has 7 heteroatoms. The highest BCUT2D eigenvalue weighted by molar-refractivity contribution is 5.76. The van der Waals surface area contributed by atoms with E-state index in [0.717, 1.165) is 19.3 Å². The fourth-order valence-electron chi connectivity index (χ4n) is 2.92. The summed E-state index contributed by atoms with van der Waals surface area (Å²) in [6.07, 6.45) is 0.303. The maximum Gasteiger partial charge on any atom is 0.220 e. The molecule has 0 saturated carbocycles. The third-order valence-electron chi connectivity index (χ3n) is 3.99. The van der Waals surface area contributed by atoms with Gasteiger partial charge >= 0.3 is 0 Å². The van der Waals surface area contributed by atoms with Gasteiger partial charge < -0.3 is 29.7 Å². The minimum absolute atomic E-state index is 0.105. The molecule has 3 N–H and O–H groups in total. The van der Waals surface area contributed by atoms with Gasteiger partial charge in [0.15, 0.2) is 12.1 Å². The van der Waals surface area contributed by atoms with Crippen molar-refractivity contribution in [2.45, 2.75) is 82.9 Å². The zero-order valence-electron chi connectivity index (χ0n) is 13.4. The van der Waals surface area contributed by atoms with E-state index in [1.165, 1.54) is 0 Å². The van der Waals surface area contributed by atoms with Crippen LogP contribution in [0.3, 0.4) is 0 Å². The number of ether oxygens (including phenoxy) is 3. The van der Waals surface area contributed by atoms with E-state index in [1.54, 1.807) is 13.8 Å². The van der Waals surface area contributed by atoms with Crippen molar-refractivity contribution in [1.82, 2.24) is 5.32 Å². The van der Waals surface area contributed by atoms with Gasteiger partial charge in [-0.25, -0.2) is 0 Å². The number of unbranched alkanes of at least 4 members (excludes halogenated alkanes) is 2. The number of carbonyl (C=O) groups excluding carboxylic acids is 1. The molecule has 0 radical (unpaired) electrons. The van der Waals surface area contributed by atoms with Gasteiger partial charge in [0.1, 0.15) is 18.3 Å². The summed E-state index contributed by atoms with van der Waals surface area (Å²) in [4.78, 5) is 12.1. The molecular weight excluding hydrogens is 290 g/mol. The van der Waals surface area contributed by atoms with Crippen LogP contribution in [-0.2, 0) is 19.0 Å². The van der Waals surface area contributed by atoms with Crippen molar-refractivity contribution in [3.05, 3.63) is 0 Å². The van der Waals surface area contributed by atoms with E-state index in [4.69, 9.17) is 19.3 Å². The standard InChI is InChI=1S/C15H27NO6/c1-4-5-6-7-10(19)16-11-12(9(18)8-17)20-14-13(11)21-15(2,3)22-14/h9,11-14,17-18H,4-8H2,1-3H3,(H,16,19)/t9-,11+,12-,13-,14-/m1/s1. The molecule has 7 nitrogen and oxygen atoms in total. The number of nitrogens with one attached hydrogen (secondary N) is 1. The van der Waals surface area contributed by atoms with Gasteiger partial charge in [-0.05, 0) is 20.3 Å². The van der Waals surface area contributed by atoms with Gasteiger partial charge in [-0.2, -0.15) is 0 Å². The topological polar surface area (TPSA) is 97.3 Å². The Morgan fingerprint density at radius 2 is 2.05 bits per heavy atom. The molecule has 2 aliphatic heterocycles. The van der Waals surface area contributed by atoms with Crippen LogP contribution < -0.4 is 5.32 Å². The predicted octanol–water partition coefficient (Wildman–Crippen LogP) is 0.281. The molecular formula is C15H27NO6. The fourth-order valence-corrected chi connectivity index (χ4v) is 2.92. The van der Waals surface area contributed by atoms with Crippen LogP contribution in [0.1, 0.15) is 46.5 Å². The lowest BCUT2D eigenvalue weighted by Gasteiger charge is -2.28. The number of carbonyl (C=O) groups is 1. The fraction of sp³-hybridized carbons (Fsp3) is 0.933. The third kappa shape index (κ3) is 3.97. The minimum Gasteiger partial charge on any atom is -0.394 e. The van der Waals surface area contributed by atoms with Crippen molar-refractivity contribution in [2.24, 2.45) is 0 Å². The van der Waals surface area contributed by atoms with Crippen LogP contribution in [0.15, 0.2) is 0 Å². The Morgan fingerprint density at radius 3 is 2.68 bits per heavy atom. The average Bonchev–Trinajstić information content (AvgIpc) is 2.92. The molecule has 2 rings (SSSR count). The molecule has 2 aliphatic rings. The molecule has 2 saturated heterocycles. The Bertz CT molecular complexity index is 388. The zero-order valence-corrected chi connectivity index (χ0v) is 13.4. The highest BCUT2D eigenvalue weighted by atomic mass is 16.8. The number of rotatable bonds is 7. The Hall–Kier alpha value is -0.730. The second-order valence-electron chi connectivity index (χ2n) is 6.37. The number of aliphatic hydroxyl groups excluding tert-OH is 2. The summed E-state index contributed by atoms with van der Waals surface area (Å²) in [5, 5.41) is 21.9. The molecule has 5 atom stereocenters. The van der Waals surface area contributed by atoms with Crippen molar-refractivity contribution in [3.8, 4) is 0 Å². The van der Waals surface area contributed by atoms with E-state index in [1.807, 2.05) is 0 Å². The van der Waals surface area contributed by atoms with E-state index in [2.05, 4.69) is 12.2 Å². The number of aliphatic hydroxyl groups is 2. The number of hydrogen-bond donors (Lipinski definition) is 3. The van der Waals surface area contributed by atoms with Crippen molar-refractivity contribution in [2.75, 3.05) is 6.61 Å². The third-order valence-corrected chi connectivity index (χ3v) is 3.99. The molecule has 2 heterocycles. The smallest absolute Gasteiger partial charge is 0.220 e. The summed E-state index contributed by atoms with van der Waals surface area (Å²) in [6, 6.07) is -0.539. The lowest BCUT2D eigenvalue weighted by molar-refractivity contribution is -0.218. The summed E-state index contributed by atoms with van der Waals surface area (Å²) in [7, 11) is 0. The van der Waals surface area contributed by atoms with Crippen LogP contribution in [0.2, 0.25) is 0 Å². The van der Waals surface area contributed by atoms with E-state index in [9.17, 15) is 9.90 Å². The zero-order chi connectivity index (χ0) is 16.3. The number of amides is 1. The van der Waals surface area contributed by atoms with Crippen LogP contribution in [-0.4, -0.2) is 59.2 Å². The predicted molar refractivity (Wildman–Crippen MR) is 77.9 cm³/mol. The lowest BCUT2D eigenvalue weighted by Crippen LogP contribution is -2.52.